The molecule has 15 heavy (non-hydrogen) atoms. The fraction of sp³-hybridized carbons (Fsp3) is 1.00. The molecule has 1 rings (SSSR count). The molecule has 0 spiro atoms. The summed E-state index contributed by atoms with van der Waals surface area (Å²) in [5.74, 6) is 6.38. The monoisotopic (exact) mass is 214 g/mol. The second-order valence-corrected chi connectivity index (χ2v) is 5.76. The summed E-state index contributed by atoms with van der Waals surface area (Å²) in [7, 11) is 1.79. The standard InChI is InChI=1S/C12H26N2O/c1-12(2,3)11(15-4)10(14-13)9-7-5-6-8-9/h9-11,14H,5-8,13H2,1-4H3. The summed E-state index contributed by atoms with van der Waals surface area (Å²) in [6.07, 6.45) is 5.42. The van der Waals surface area contributed by atoms with Crippen molar-refractivity contribution in [3.63, 3.8) is 0 Å². The summed E-state index contributed by atoms with van der Waals surface area (Å²) in [4.78, 5) is 0. The van der Waals surface area contributed by atoms with Crippen LogP contribution in [0.25, 0.3) is 0 Å². The first-order valence-corrected chi connectivity index (χ1v) is 5.99. The SMILES string of the molecule is COC(C(NN)C1CCCC1)C(C)(C)C. The van der Waals surface area contributed by atoms with Crippen LogP contribution < -0.4 is 11.3 Å². The molecule has 2 atom stereocenters. The van der Waals surface area contributed by atoms with Crippen LogP contribution >= 0.6 is 0 Å². The molecule has 3 heteroatoms. The minimum atomic E-state index is 0.133. The van der Waals surface area contributed by atoms with Crippen molar-refractivity contribution in [2.45, 2.75) is 58.6 Å². The number of hydrazine groups is 1. The number of ether oxygens (including phenoxy) is 1. The third kappa shape index (κ3) is 3.16. The van der Waals surface area contributed by atoms with Crippen LogP contribution in [0.3, 0.4) is 0 Å². The molecule has 3 nitrogen and oxygen atoms in total. The van der Waals surface area contributed by atoms with E-state index >= 15 is 0 Å². The van der Waals surface area contributed by atoms with Crippen molar-refractivity contribution in [2.75, 3.05) is 7.11 Å². The third-order valence-electron chi connectivity index (χ3n) is 3.53. The highest BCUT2D eigenvalue weighted by Crippen LogP contribution is 2.34. The van der Waals surface area contributed by atoms with Gasteiger partial charge >= 0.3 is 0 Å². The Hall–Kier alpha value is -0.120. The van der Waals surface area contributed by atoms with E-state index in [1.165, 1.54) is 25.7 Å². The van der Waals surface area contributed by atoms with Gasteiger partial charge in [0, 0.05) is 7.11 Å². The molecular formula is C12H26N2O. The van der Waals surface area contributed by atoms with Crippen LogP contribution in [0.4, 0.5) is 0 Å². The summed E-state index contributed by atoms with van der Waals surface area (Å²) < 4.78 is 5.64. The zero-order valence-corrected chi connectivity index (χ0v) is 10.5. The zero-order valence-electron chi connectivity index (χ0n) is 10.5. The lowest BCUT2D eigenvalue weighted by molar-refractivity contribution is -0.0259. The van der Waals surface area contributed by atoms with Crippen molar-refractivity contribution >= 4 is 0 Å². The topological polar surface area (TPSA) is 47.3 Å². The van der Waals surface area contributed by atoms with Gasteiger partial charge in [-0.15, -0.1) is 0 Å². The quantitative estimate of drug-likeness (QED) is 0.556. The molecule has 1 aliphatic carbocycles. The Bertz CT molecular complexity index is 183. The van der Waals surface area contributed by atoms with E-state index in [0.717, 1.165) is 0 Å². The minimum Gasteiger partial charge on any atom is -0.379 e. The minimum absolute atomic E-state index is 0.133. The van der Waals surface area contributed by atoms with Gasteiger partial charge in [0.25, 0.3) is 0 Å². The highest BCUT2D eigenvalue weighted by atomic mass is 16.5. The Morgan fingerprint density at radius 2 is 1.80 bits per heavy atom. The van der Waals surface area contributed by atoms with Crippen molar-refractivity contribution in [3.8, 4) is 0 Å². The molecule has 0 heterocycles. The van der Waals surface area contributed by atoms with Crippen LogP contribution in [0.15, 0.2) is 0 Å². The molecular weight excluding hydrogens is 188 g/mol. The van der Waals surface area contributed by atoms with Gasteiger partial charge in [-0.3, -0.25) is 11.3 Å². The largest absolute Gasteiger partial charge is 0.379 e. The van der Waals surface area contributed by atoms with Gasteiger partial charge in [-0.2, -0.15) is 0 Å². The maximum absolute atomic E-state index is 5.70. The van der Waals surface area contributed by atoms with Gasteiger partial charge in [-0.05, 0) is 24.2 Å². The van der Waals surface area contributed by atoms with Crippen molar-refractivity contribution in [3.05, 3.63) is 0 Å². The number of hydrogen-bond acceptors (Lipinski definition) is 3. The van der Waals surface area contributed by atoms with Crippen LogP contribution in [-0.4, -0.2) is 19.3 Å². The molecule has 0 aromatic carbocycles. The zero-order chi connectivity index (χ0) is 11.5. The summed E-state index contributed by atoms with van der Waals surface area (Å²) in [6, 6.07) is 0.289. The maximum atomic E-state index is 5.70. The van der Waals surface area contributed by atoms with Gasteiger partial charge < -0.3 is 4.74 Å². The predicted molar refractivity (Wildman–Crippen MR) is 63.3 cm³/mol. The fourth-order valence-corrected chi connectivity index (χ4v) is 2.83. The molecule has 3 N–H and O–H groups in total. The van der Waals surface area contributed by atoms with Crippen molar-refractivity contribution < 1.29 is 4.74 Å². The van der Waals surface area contributed by atoms with Crippen LogP contribution in [0.1, 0.15) is 46.5 Å². The lowest BCUT2D eigenvalue weighted by atomic mass is 9.79. The van der Waals surface area contributed by atoms with E-state index in [-0.39, 0.29) is 17.6 Å². The summed E-state index contributed by atoms with van der Waals surface area (Å²) in [5.41, 5.74) is 3.11. The van der Waals surface area contributed by atoms with Gasteiger partial charge in [-0.25, -0.2) is 0 Å². The number of rotatable bonds is 4. The first-order valence-electron chi connectivity index (χ1n) is 5.99. The van der Waals surface area contributed by atoms with Crippen molar-refractivity contribution in [1.29, 1.82) is 0 Å². The highest BCUT2D eigenvalue weighted by Gasteiger charge is 2.37. The molecule has 1 saturated carbocycles. The lowest BCUT2D eigenvalue weighted by Gasteiger charge is -2.38. The first-order chi connectivity index (χ1) is 7.00. The van der Waals surface area contributed by atoms with Crippen molar-refractivity contribution in [1.82, 2.24) is 5.43 Å². The van der Waals surface area contributed by atoms with Crippen LogP contribution in [0, 0.1) is 11.3 Å². The van der Waals surface area contributed by atoms with E-state index in [1.807, 2.05) is 0 Å². The normalized spacial score (nSPS) is 23.0. The molecule has 2 unspecified atom stereocenters. The fourth-order valence-electron chi connectivity index (χ4n) is 2.83. The number of nitrogens with one attached hydrogen (secondary N) is 1. The average molecular weight is 214 g/mol. The van der Waals surface area contributed by atoms with Crippen LogP contribution in [0.5, 0.6) is 0 Å². The molecule has 0 aromatic rings. The molecule has 0 saturated heterocycles. The Morgan fingerprint density at radius 3 is 2.13 bits per heavy atom. The molecule has 1 aliphatic rings. The molecule has 0 radical (unpaired) electrons. The molecule has 90 valence electrons. The second kappa shape index (κ2) is 5.28. The highest BCUT2D eigenvalue weighted by molar-refractivity contribution is 4.91. The van der Waals surface area contributed by atoms with E-state index in [0.29, 0.717) is 5.92 Å². The molecule has 0 aromatic heterocycles. The molecule has 0 aliphatic heterocycles. The van der Waals surface area contributed by atoms with Gasteiger partial charge in [0.2, 0.25) is 0 Å². The smallest absolute Gasteiger partial charge is 0.0788 e. The third-order valence-corrected chi connectivity index (χ3v) is 3.53. The summed E-state index contributed by atoms with van der Waals surface area (Å²) >= 11 is 0. The number of hydrogen-bond donors (Lipinski definition) is 2. The van der Waals surface area contributed by atoms with Crippen LogP contribution in [0.2, 0.25) is 0 Å². The first kappa shape index (κ1) is 12.9. The van der Waals surface area contributed by atoms with E-state index in [9.17, 15) is 0 Å². The summed E-state index contributed by atoms with van der Waals surface area (Å²) in [6.45, 7) is 6.63. The Kier molecular flexibility index (Phi) is 4.56. The average Bonchev–Trinajstić information content (AvgIpc) is 2.64. The van der Waals surface area contributed by atoms with E-state index < -0.39 is 0 Å². The van der Waals surface area contributed by atoms with Gasteiger partial charge in [0.05, 0.1) is 12.1 Å². The Labute approximate surface area is 93.7 Å². The second-order valence-electron chi connectivity index (χ2n) is 5.76. The van der Waals surface area contributed by atoms with E-state index in [2.05, 4.69) is 26.2 Å². The van der Waals surface area contributed by atoms with Crippen molar-refractivity contribution in [2.24, 2.45) is 17.2 Å². The predicted octanol–water partition coefficient (Wildman–Crippen LogP) is 2.07. The van der Waals surface area contributed by atoms with Gasteiger partial charge in [-0.1, -0.05) is 33.6 Å². The maximum Gasteiger partial charge on any atom is 0.0788 e. The van der Waals surface area contributed by atoms with Gasteiger partial charge in [0.1, 0.15) is 0 Å². The molecule has 0 amide bonds. The Balaban J connectivity index is 2.69. The lowest BCUT2D eigenvalue weighted by Crippen LogP contribution is -2.53. The van der Waals surface area contributed by atoms with Crippen LogP contribution in [-0.2, 0) is 4.74 Å². The molecule has 1 fully saturated rings. The number of nitrogens with two attached hydrogens (primary N) is 1. The van der Waals surface area contributed by atoms with E-state index in [4.69, 9.17) is 10.6 Å². The molecule has 0 bridgehead atoms. The summed E-state index contributed by atoms with van der Waals surface area (Å²) in [5, 5.41) is 0. The van der Waals surface area contributed by atoms with E-state index in [1.54, 1.807) is 7.11 Å². The Morgan fingerprint density at radius 1 is 1.27 bits per heavy atom. The number of methoxy groups -OCH3 is 1. The van der Waals surface area contributed by atoms with Gasteiger partial charge in [0.15, 0.2) is 0 Å².